The molecule has 0 unspecified atom stereocenters. The molecule has 18 heavy (non-hydrogen) atoms. The first kappa shape index (κ1) is 12.6. The molecule has 1 saturated carbocycles. The number of carbonyl (C=O) groups excluding carboxylic acids is 1. The standard InChI is InChI=1S/C14H19N3O/c18-14(16-10-12-6-2-1-3-7-12)17-11-13-8-4-5-9-15-13/h4-5,8-10H,1-3,6-7,11H2,(H2,16,17,18). The zero-order valence-electron chi connectivity index (χ0n) is 10.5. The average molecular weight is 245 g/mol. The van der Waals surface area contributed by atoms with Gasteiger partial charge >= 0.3 is 6.03 Å². The summed E-state index contributed by atoms with van der Waals surface area (Å²) in [6.45, 7) is 0.454. The van der Waals surface area contributed by atoms with Crippen molar-refractivity contribution < 1.29 is 4.79 Å². The van der Waals surface area contributed by atoms with Crippen molar-refractivity contribution >= 4 is 6.03 Å². The molecule has 4 heteroatoms. The van der Waals surface area contributed by atoms with E-state index >= 15 is 0 Å². The van der Waals surface area contributed by atoms with Crippen molar-refractivity contribution in [2.45, 2.75) is 38.6 Å². The molecule has 1 heterocycles. The zero-order valence-corrected chi connectivity index (χ0v) is 10.5. The first-order valence-electron chi connectivity index (χ1n) is 6.47. The molecule has 0 saturated heterocycles. The average Bonchev–Trinajstić information content (AvgIpc) is 2.45. The van der Waals surface area contributed by atoms with E-state index in [1.165, 1.54) is 24.8 Å². The van der Waals surface area contributed by atoms with Gasteiger partial charge in [0.2, 0.25) is 0 Å². The van der Waals surface area contributed by atoms with E-state index in [1.807, 2.05) is 24.4 Å². The molecule has 0 bridgehead atoms. The molecule has 0 spiro atoms. The summed E-state index contributed by atoms with van der Waals surface area (Å²) in [5.74, 6) is 0. The van der Waals surface area contributed by atoms with Crippen LogP contribution in [0.4, 0.5) is 4.79 Å². The quantitative estimate of drug-likeness (QED) is 0.860. The van der Waals surface area contributed by atoms with Gasteiger partial charge in [0.25, 0.3) is 0 Å². The summed E-state index contributed by atoms with van der Waals surface area (Å²) in [6, 6.07) is 5.49. The van der Waals surface area contributed by atoms with E-state index < -0.39 is 0 Å². The number of hydrogen-bond donors (Lipinski definition) is 2. The van der Waals surface area contributed by atoms with Gasteiger partial charge in [-0.05, 0) is 37.8 Å². The van der Waals surface area contributed by atoms with Crippen LogP contribution in [0.25, 0.3) is 0 Å². The maximum atomic E-state index is 11.6. The predicted molar refractivity (Wildman–Crippen MR) is 70.8 cm³/mol. The van der Waals surface area contributed by atoms with Crippen LogP contribution in [0.3, 0.4) is 0 Å². The van der Waals surface area contributed by atoms with Crippen LogP contribution in [0.15, 0.2) is 36.2 Å². The maximum absolute atomic E-state index is 11.6. The molecular weight excluding hydrogens is 226 g/mol. The summed E-state index contributed by atoms with van der Waals surface area (Å²) in [5, 5.41) is 5.56. The van der Waals surface area contributed by atoms with Gasteiger partial charge in [-0.2, -0.15) is 0 Å². The van der Waals surface area contributed by atoms with E-state index in [9.17, 15) is 4.79 Å². The van der Waals surface area contributed by atoms with Crippen molar-refractivity contribution in [1.82, 2.24) is 15.6 Å². The minimum Gasteiger partial charge on any atom is -0.332 e. The fourth-order valence-electron chi connectivity index (χ4n) is 2.04. The summed E-state index contributed by atoms with van der Waals surface area (Å²) < 4.78 is 0. The Morgan fingerprint density at radius 2 is 2.11 bits per heavy atom. The van der Waals surface area contributed by atoms with Crippen LogP contribution in [0.5, 0.6) is 0 Å². The molecule has 0 radical (unpaired) electrons. The van der Waals surface area contributed by atoms with Gasteiger partial charge in [-0.15, -0.1) is 0 Å². The lowest BCUT2D eigenvalue weighted by Crippen LogP contribution is -2.32. The molecule has 2 amide bonds. The fraction of sp³-hybridized carbons (Fsp3) is 0.429. The summed E-state index contributed by atoms with van der Waals surface area (Å²) >= 11 is 0. The maximum Gasteiger partial charge on any atom is 0.319 e. The Kier molecular flexibility index (Phi) is 4.76. The largest absolute Gasteiger partial charge is 0.332 e. The Balaban J connectivity index is 1.72. The molecule has 1 aromatic heterocycles. The molecular formula is C14H19N3O. The Labute approximate surface area is 108 Å². The number of carbonyl (C=O) groups is 1. The van der Waals surface area contributed by atoms with Crippen molar-refractivity contribution in [3.8, 4) is 0 Å². The number of aromatic nitrogens is 1. The van der Waals surface area contributed by atoms with Crippen LogP contribution in [0, 0.1) is 0 Å². The van der Waals surface area contributed by atoms with Gasteiger partial charge in [0, 0.05) is 12.4 Å². The molecule has 1 aliphatic rings. The third-order valence-corrected chi connectivity index (χ3v) is 3.06. The number of hydrogen-bond acceptors (Lipinski definition) is 2. The van der Waals surface area contributed by atoms with Crippen LogP contribution >= 0.6 is 0 Å². The summed E-state index contributed by atoms with van der Waals surface area (Å²) in [6.07, 6.45) is 9.59. The molecule has 2 N–H and O–H groups in total. The highest BCUT2D eigenvalue weighted by atomic mass is 16.2. The number of nitrogens with one attached hydrogen (secondary N) is 2. The number of amides is 2. The Bertz CT molecular complexity index is 406. The molecule has 0 atom stereocenters. The highest BCUT2D eigenvalue weighted by Gasteiger charge is 2.05. The van der Waals surface area contributed by atoms with Crippen LogP contribution < -0.4 is 10.6 Å². The summed E-state index contributed by atoms with van der Waals surface area (Å²) in [5.41, 5.74) is 2.20. The predicted octanol–water partition coefficient (Wildman–Crippen LogP) is 2.73. The second-order valence-electron chi connectivity index (χ2n) is 4.51. The molecule has 0 aliphatic heterocycles. The van der Waals surface area contributed by atoms with E-state index in [-0.39, 0.29) is 6.03 Å². The lowest BCUT2D eigenvalue weighted by Gasteiger charge is -2.13. The van der Waals surface area contributed by atoms with E-state index in [0.29, 0.717) is 6.54 Å². The SMILES string of the molecule is O=C(NC=C1CCCCC1)NCc1ccccn1. The highest BCUT2D eigenvalue weighted by Crippen LogP contribution is 2.21. The Hall–Kier alpha value is -1.84. The van der Waals surface area contributed by atoms with E-state index in [4.69, 9.17) is 0 Å². The summed E-state index contributed by atoms with van der Waals surface area (Å²) in [7, 11) is 0. The minimum atomic E-state index is -0.168. The number of nitrogens with zero attached hydrogens (tertiary/aromatic N) is 1. The second kappa shape index (κ2) is 6.79. The van der Waals surface area contributed by atoms with Crippen LogP contribution in [0.2, 0.25) is 0 Å². The van der Waals surface area contributed by atoms with Gasteiger partial charge in [-0.1, -0.05) is 18.1 Å². The smallest absolute Gasteiger partial charge is 0.319 e. The topological polar surface area (TPSA) is 54.0 Å². The highest BCUT2D eigenvalue weighted by molar-refractivity contribution is 5.74. The number of rotatable bonds is 3. The third-order valence-electron chi connectivity index (χ3n) is 3.06. The first-order chi connectivity index (χ1) is 8.84. The molecule has 1 aromatic rings. The lowest BCUT2D eigenvalue weighted by molar-refractivity contribution is 0.243. The third kappa shape index (κ3) is 4.20. The molecule has 2 rings (SSSR count). The number of urea groups is 1. The number of pyridine rings is 1. The van der Waals surface area contributed by atoms with Crippen LogP contribution in [-0.2, 0) is 6.54 Å². The van der Waals surface area contributed by atoms with Crippen molar-refractivity contribution in [1.29, 1.82) is 0 Å². The lowest BCUT2D eigenvalue weighted by atomic mass is 9.96. The monoisotopic (exact) mass is 245 g/mol. The van der Waals surface area contributed by atoms with E-state index in [0.717, 1.165) is 18.5 Å². The number of allylic oxidation sites excluding steroid dienone is 1. The fourth-order valence-corrected chi connectivity index (χ4v) is 2.04. The molecule has 1 fully saturated rings. The summed E-state index contributed by atoms with van der Waals surface area (Å²) in [4.78, 5) is 15.7. The van der Waals surface area contributed by atoms with Crippen LogP contribution in [-0.4, -0.2) is 11.0 Å². The van der Waals surface area contributed by atoms with Crippen molar-refractivity contribution in [2.75, 3.05) is 0 Å². The van der Waals surface area contributed by atoms with Gasteiger partial charge in [-0.3, -0.25) is 4.98 Å². The molecule has 4 nitrogen and oxygen atoms in total. The van der Waals surface area contributed by atoms with Gasteiger partial charge in [-0.25, -0.2) is 4.79 Å². The van der Waals surface area contributed by atoms with Crippen LogP contribution in [0.1, 0.15) is 37.8 Å². The van der Waals surface area contributed by atoms with Crippen molar-refractivity contribution in [3.63, 3.8) is 0 Å². The first-order valence-corrected chi connectivity index (χ1v) is 6.47. The zero-order chi connectivity index (χ0) is 12.6. The van der Waals surface area contributed by atoms with Crippen molar-refractivity contribution in [2.24, 2.45) is 0 Å². The van der Waals surface area contributed by atoms with Gasteiger partial charge in [0.15, 0.2) is 0 Å². The van der Waals surface area contributed by atoms with Gasteiger partial charge in [0.1, 0.15) is 0 Å². The minimum absolute atomic E-state index is 0.168. The van der Waals surface area contributed by atoms with Crippen molar-refractivity contribution in [3.05, 3.63) is 41.9 Å². The van der Waals surface area contributed by atoms with Gasteiger partial charge < -0.3 is 10.6 Å². The van der Waals surface area contributed by atoms with E-state index in [1.54, 1.807) is 6.20 Å². The van der Waals surface area contributed by atoms with E-state index in [2.05, 4.69) is 15.6 Å². The second-order valence-corrected chi connectivity index (χ2v) is 4.51. The molecule has 96 valence electrons. The molecule has 0 aromatic carbocycles. The Morgan fingerprint density at radius 3 is 2.83 bits per heavy atom. The molecule has 1 aliphatic carbocycles. The Morgan fingerprint density at radius 1 is 1.28 bits per heavy atom. The van der Waals surface area contributed by atoms with Gasteiger partial charge in [0.05, 0.1) is 12.2 Å². The normalized spacial score (nSPS) is 15.0.